The largest absolute Gasteiger partial charge is 0.346 e. The molecule has 1 aromatic carbocycles. The maximum Gasteiger partial charge on any atom is 0.0482 e. The van der Waals surface area contributed by atoms with Gasteiger partial charge in [-0.25, -0.2) is 0 Å². The van der Waals surface area contributed by atoms with E-state index in [1.54, 1.807) is 0 Å². The highest BCUT2D eigenvalue weighted by Crippen LogP contribution is 2.19. The smallest absolute Gasteiger partial charge is 0.0482 e. The van der Waals surface area contributed by atoms with Crippen LogP contribution in [-0.4, -0.2) is 10.6 Å². The number of aryl methyl sites for hydroxylation is 2. The van der Waals surface area contributed by atoms with Crippen molar-refractivity contribution in [3.05, 3.63) is 35.5 Å². The van der Waals surface area contributed by atoms with Gasteiger partial charge in [-0.2, -0.15) is 0 Å². The Balaban J connectivity index is 2.36. The van der Waals surface area contributed by atoms with Gasteiger partial charge in [-0.15, -0.1) is 0 Å². The molecule has 1 heterocycles. The van der Waals surface area contributed by atoms with Gasteiger partial charge in [0.25, 0.3) is 0 Å². The normalized spacial score (nSPS) is 11.6. The van der Waals surface area contributed by atoms with Crippen LogP contribution in [-0.2, 0) is 13.6 Å². The Morgan fingerprint density at radius 3 is 2.69 bits per heavy atom. The molecule has 0 unspecified atom stereocenters. The van der Waals surface area contributed by atoms with Crippen LogP contribution in [0.2, 0.25) is 0 Å². The molecule has 0 bridgehead atoms. The highest BCUT2D eigenvalue weighted by Gasteiger charge is 2.05. The Labute approximate surface area is 97.3 Å². The van der Waals surface area contributed by atoms with Gasteiger partial charge in [0, 0.05) is 30.8 Å². The van der Waals surface area contributed by atoms with Crippen LogP contribution in [0.25, 0.3) is 10.9 Å². The van der Waals surface area contributed by atoms with E-state index in [-0.39, 0.29) is 0 Å². The molecule has 0 radical (unpaired) electrons. The number of fused-ring (bicyclic) bond motifs is 1. The predicted molar refractivity (Wildman–Crippen MR) is 69.6 cm³/mol. The van der Waals surface area contributed by atoms with Crippen LogP contribution in [0.5, 0.6) is 0 Å². The summed E-state index contributed by atoms with van der Waals surface area (Å²) in [7, 11) is 2.14. The lowest BCUT2D eigenvalue weighted by molar-refractivity contribution is 0.572. The Morgan fingerprint density at radius 2 is 2.00 bits per heavy atom. The van der Waals surface area contributed by atoms with Crippen molar-refractivity contribution in [2.24, 2.45) is 7.05 Å². The minimum atomic E-state index is 0.528. The van der Waals surface area contributed by atoms with Crippen molar-refractivity contribution in [2.45, 2.75) is 33.4 Å². The molecule has 1 aromatic heterocycles. The van der Waals surface area contributed by atoms with Crippen molar-refractivity contribution in [3.8, 4) is 0 Å². The third-order valence-electron chi connectivity index (χ3n) is 2.99. The first-order valence-electron chi connectivity index (χ1n) is 5.86. The molecule has 2 heteroatoms. The average molecular weight is 216 g/mol. The van der Waals surface area contributed by atoms with Crippen molar-refractivity contribution >= 4 is 10.9 Å². The molecule has 0 aliphatic rings. The summed E-state index contributed by atoms with van der Waals surface area (Å²) < 4.78 is 2.28. The maximum atomic E-state index is 3.46. The highest BCUT2D eigenvalue weighted by molar-refractivity contribution is 5.81. The van der Waals surface area contributed by atoms with E-state index < -0.39 is 0 Å². The maximum absolute atomic E-state index is 3.46. The molecule has 16 heavy (non-hydrogen) atoms. The zero-order valence-electron chi connectivity index (χ0n) is 10.5. The van der Waals surface area contributed by atoms with Crippen LogP contribution in [0.1, 0.15) is 25.1 Å². The Hall–Kier alpha value is -1.28. The van der Waals surface area contributed by atoms with Crippen LogP contribution in [0.4, 0.5) is 0 Å². The molecule has 0 spiro atoms. The number of nitrogens with one attached hydrogen (secondary N) is 1. The van der Waals surface area contributed by atoms with Crippen molar-refractivity contribution in [1.29, 1.82) is 0 Å². The second kappa shape index (κ2) is 4.30. The topological polar surface area (TPSA) is 17.0 Å². The van der Waals surface area contributed by atoms with Gasteiger partial charge in [0.05, 0.1) is 0 Å². The molecule has 0 amide bonds. The second-order valence-electron chi connectivity index (χ2n) is 4.79. The van der Waals surface area contributed by atoms with E-state index in [9.17, 15) is 0 Å². The first-order chi connectivity index (χ1) is 7.58. The lowest BCUT2D eigenvalue weighted by Gasteiger charge is -2.09. The molecule has 2 rings (SSSR count). The molecule has 0 saturated carbocycles. The predicted octanol–water partition coefficient (Wildman–Crippen LogP) is 2.98. The highest BCUT2D eigenvalue weighted by atomic mass is 15.0. The zero-order valence-corrected chi connectivity index (χ0v) is 10.5. The molecule has 0 aliphatic carbocycles. The second-order valence-corrected chi connectivity index (χ2v) is 4.79. The summed E-state index contributed by atoms with van der Waals surface area (Å²) in [6.45, 7) is 7.42. The van der Waals surface area contributed by atoms with Gasteiger partial charge in [-0.3, -0.25) is 0 Å². The summed E-state index contributed by atoms with van der Waals surface area (Å²) in [6.07, 6.45) is 0. The molecule has 0 saturated heterocycles. The average Bonchev–Trinajstić information content (AvgIpc) is 2.53. The lowest BCUT2D eigenvalue weighted by Crippen LogP contribution is -2.22. The zero-order chi connectivity index (χ0) is 11.7. The summed E-state index contributed by atoms with van der Waals surface area (Å²) in [4.78, 5) is 0. The van der Waals surface area contributed by atoms with Crippen LogP contribution in [0, 0.1) is 6.92 Å². The number of hydrogen-bond acceptors (Lipinski definition) is 1. The van der Waals surface area contributed by atoms with E-state index >= 15 is 0 Å². The van der Waals surface area contributed by atoms with Crippen LogP contribution in [0.3, 0.4) is 0 Å². The van der Waals surface area contributed by atoms with E-state index in [4.69, 9.17) is 0 Å². The SMILES string of the molecule is Cc1ccc2cc(CNC(C)C)n(C)c2c1. The molecule has 2 aromatic rings. The van der Waals surface area contributed by atoms with Crippen LogP contribution < -0.4 is 5.32 Å². The van der Waals surface area contributed by atoms with E-state index in [0.29, 0.717) is 6.04 Å². The number of aromatic nitrogens is 1. The van der Waals surface area contributed by atoms with Crippen molar-refractivity contribution in [1.82, 2.24) is 9.88 Å². The Kier molecular flexibility index (Phi) is 3.01. The first kappa shape index (κ1) is 11.2. The summed E-state index contributed by atoms with van der Waals surface area (Å²) in [5, 5.41) is 4.78. The Bertz CT molecular complexity index is 495. The first-order valence-corrected chi connectivity index (χ1v) is 5.86. The minimum absolute atomic E-state index is 0.528. The van der Waals surface area contributed by atoms with Crippen molar-refractivity contribution in [3.63, 3.8) is 0 Å². The van der Waals surface area contributed by atoms with Crippen molar-refractivity contribution < 1.29 is 0 Å². The quantitative estimate of drug-likeness (QED) is 0.834. The number of benzene rings is 1. The number of nitrogens with zero attached hydrogens (tertiary/aromatic N) is 1. The molecule has 0 atom stereocenters. The van der Waals surface area contributed by atoms with Crippen molar-refractivity contribution in [2.75, 3.05) is 0 Å². The van der Waals surface area contributed by atoms with Crippen LogP contribution >= 0.6 is 0 Å². The molecule has 0 aliphatic heterocycles. The lowest BCUT2D eigenvalue weighted by atomic mass is 10.2. The Morgan fingerprint density at radius 1 is 1.25 bits per heavy atom. The summed E-state index contributed by atoms with van der Waals surface area (Å²) in [5.41, 5.74) is 3.98. The van der Waals surface area contributed by atoms with Gasteiger partial charge < -0.3 is 9.88 Å². The fraction of sp³-hybridized carbons (Fsp3) is 0.429. The van der Waals surface area contributed by atoms with Gasteiger partial charge in [-0.1, -0.05) is 26.0 Å². The van der Waals surface area contributed by atoms with Gasteiger partial charge in [0.2, 0.25) is 0 Å². The van der Waals surface area contributed by atoms with E-state index in [1.807, 2.05) is 0 Å². The number of hydrogen-bond donors (Lipinski definition) is 1. The summed E-state index contributed by atoms with van der Waals surface area (Å²) >= 11 is 0. The van der Waals surface area contributed by atoms with Gasteiger partial charge in [0.15, 0.2) is 0 Å². The minimum Gasteiger partial charge on any atom is -0.346 e. The third kappa shape index (κ3) is 2.12. The molecular formula is C14H20N2. The van der Waals surface area contributed by atoms with E-state index in [0.717, 1.165) is 6.54 Å². The number of rotatable bonds is 3. The van der Waals surface area contributed by atoms with E-state index in [1.165, 1.54) is 22.2 Å². The van der Waals surface area contributed by atoms with Gasteiger partial charge in [-0.05, 0) is 30.0 Å². The molecular weight excluding hydrogens is 196 g/mol. The monoisotopic (exact) mass is 216 g/mol. The fourth-order valence-electron chi connectivity index (χ4n) is 1.98. The standard InChI is InChI=1S/C14H20N2/c1-10(2)15-9-13-8-12-6-5-11(3)7-14(12)16(13)4/h5-8,10,15H,9H2,1-4H3. The van der Waals surface area contributed by atoms with Gasteiger partial charge in [0.1, 0.15) is 0 Å². The summed E-state index contributed by atoms with van der Waals surface area (Å²) in [5.74, 6) is 0. The summed E-state index contributed by atoms with van der Waals surface area (Å²) in [6, 6.07) is 9.41. The molecule has 0 fully saturated rings. The molecule has 2 nitrogen and oxygen atoms in total. The third-order valence-corrected chi connectivity index (χ3v) is 2.99. The van der Waals surface area contributed by atoms with E-state index in [2.05, 4.69) is 62.0 Å². The van der Waals surface area contributed by atoms with Gasteiger partial charge >= 0.3 is 0 Å². The van der Waals surface area contributed by atoms with Crippen LogP contribution in [0.15, 0.2) is 24.3 Å². The molecule has 86 valence electrons. The fourth-order valence-corrected chi connectivity index (χ4v) is 1.98. The molecule has 1 N–H and O–H groups in total.